The summed E-state index contributed by atoms with van der Waals surface area (Å²) in [5.74, 6) is -0.130. The Balaban J connectivity index is 2.31. The molecule has 2 rings (SSSR count). The third kappa shape index (κ3) is 2.72. The van der Waals surface area contributed by atoms with Gasteiger partial charge in [0.25, 0.3) is 5.91 Å². The van der Waals surface area contributed by atoms with Crippen LogP contribution in [0.1, 0.15) is 37.2 Å². The Bertz CT molecular complexity index is 442. The zero-order valence-electron chi connectivity index (χ0n) is 9.78. The molecule has 1 heterocycles. The van der Waals surface area contributed by atoms with Crippen LogP contribution in [0, 0.1) is 0 Å². The fraction of sp³-hybridized carbons (Fsp3) is 0.500. The molecule has 0 saturated heterocycles. The first-order valence-corrected chi connectivity index (χ1v) is 6.41. The summed E-state index contributed by atoms with van der Waals surface area (Å²) in [6, 6.07) is 3.67. The maximum atomic E-state index is 12.4. The predicted octanol–water partition coefficient (Wildman–Crippen LogP) is 3.40. The summed E-state index contributed by atoms with van der Waals surface area (Å²) in [6.45, 7) is 3.99. The topological polar surface area (TPSA) is 33.2 Å². The predicted molar refractivity (Wildman–Crippen MR) is 68.6 cm³/mol. The molecular formula is C12H14Cl2N2O. The summed E-state index contributed by atoms with van der Waals surface area (Å²) in [6.07, 6.45) is 2.12. The molecule has 0 bridgehead atoms. The smallest absolute Gasteiger partial charge is 0.274 e. The highest BCUT2D eigenvalue weighted by Gasteiger charge is 2.35. The molecule has 1 fully saturated rings. The normalized spacial score (nSPS) is 15.1. The van der Waals surface area contributed by atoms with E-state index in [0.717, 1.165) is 12.8 Å². The molecule has 1 aromatic rings. The van der Waals surface area contributed by atoms with Gasteiger partial charge in [0.1, 0.15) is 10.8 Å². The summed E-state index contributed by atoms with van der Waals surface area (Å²) in [5, 5.41) is 0.642. The van der Waals surface area contributed by atoms with Crippen LogP contribution in [0.3, 0.4) is 0 Å². The molecule has 1 aromatic heterocycles. The lowest BCUT2D eigenvalue weighted by molar-refractivity contribution is 0.0684. The van der Waals surface area contributed by atoms with Gasteiger partial charge in [0.15, 0.2) is 0 Å². The molecule has 1 aliphatic carbocycles. The molecule has 17 heavy (non-hydrogen) atoms. The Labute approximate surface area is 111 Å². The highest BCUT2D eigenvalue weighted by atomic mass is 35.5. The first-order chi connectivity index (χ1) is 8.00. The van der Waals surface area contributed by atoms with Crippen LogP contribution >= 0.6 is 23.2 Å². The molecule has 0 aliphatic heterocycles. The second-order valence-electron chi connectivity index (χ2n) is 4.50. The van der Waals surface area contributed by atoms with Crippen molar-refractivity contribution in [3.8, 4) is 0 Å². The van der Waals surface area contributed by atoms with Gasteiger partial charge in [-0.2, -0.15) is 0 Å². The summed E-state index contributed by atoms with van der Waals surface area (Å²) < 4.78 is 0. The molecule has 1 saturated carbocycles. The summed E-state index contributed by atoms with van der Waals surface area (Å²) in [7, 11) is 0. The lowest BCUT2D eigenvalue weighted by atomic mass is 10.2. The van der Waals surface area contributed by atoms with E-state index in [1.165, 1.54) is 0 Å². The number of hydrogen-bond donors (Lipinski definition) is 0. The van der Waals surface area contributed by atoms with Gasteiger partial charge in [0, 0.05) is 12.1 Å². The van der Waals surface area contributed by atoms with Crippen molar-refractivity contribution >= 4 is 29.1 Å². The van der Waals surface area contributed by atoms with E-state index in [2.05, 4.69) is 4.98 Å². The standard InChI is InChI=1S/C12H14Cl2N2O/c1-7(2)16(8-3-4-8)12(17)11-9(13)5-6-10(14)15-11/h5-8H,3-4H2,1-2H3. The Morgan fingerprint density at radius 3 is 2.59 bits per heavy atom. The first kappa shape index (κ1) is 12.7. The molecule has 0 N–H and O–H groups in total. The second-order valence-corrected chi connectivity index (χ2v) is 5.30. The number of carbonyl (C=O) groups is 1. The van der Waals surface area contributed by atoms with Crippen LogP contribution in [0.5, 0.6) is 0 Å². The van der Waals surface area contributed by atoms with Crippen molar-refractivity contribution in [2.75, 3.05) is 0 Å². The van der Waals surface area contributed by atoms with E-state index in [9.17, 15) is 4.79 Å². The lowest BCUT2D eigenvalue weighted by Gasteiger charge is -2.26. The highest BCUT2D eigenvalue weighted by molar-refractivity contribution is 6.34. The van der Waals surface area contributed by atoms with Gasteiger partial charge >= 0.3 is 0 Å². The Hall–Kier alpha value is -0.800. The van der Waals surface area contributed by atoms with E-state index in [0.29, 0.717) is 11.1 Å². The summed E-state index contributed by atoms with van der Waals surface area (Å²) >= 11 is 11.8. The molecule has 0 aromatic carbocycles. The molecule has 0 unspecified atom stereocenters. The van der Waals surface area contributed by atoms with Crippen molar-refractivity contribution in [1.29, 1.82) is 0 Å². The van der Waals surface area contributed by atoms with Crippen molar-refractivity contribution in [1.82, 2.24) is 9.88 Å². The number of rotatable bonds is 3. The minimum Gasteiger partial charge on any atom is -0.332 e. The largest absolute Gasteiger partial charge is 0.332 e. The first-order valence-electron chi connectivity index (χ1n) is 5.65. The third-order valence-corrected chi connectivity index (χ3v) is 3.26. The summed E-state index contributed by atoms with van der Waals surface area (Å²) in [4.78, 5) is 18.2. The van der Waals surface area contributed by atoms with Gasteiger partial charge in [0.2, 0.25) is 0 Å². The molecule has 1 amide bonds. The Kier molecular flexibility index (Phi) is 3.59. The molecule has 0 atom stereocenters. The quantitative estimate of drug-likeness (QED) is 0.791. The number of nitrogens with zero attached hydrogens (tertiary/aromatic N) is 2. The van der Waals surface area contributed by atoms with Crippen LogP contribution in [0.2, 0.25) is 10.2 Å². The minimum absolute atomic E-state index is 0.130. The molecule has 0 radical (unpaired) electrons. The second kappa shape index (κ2) is 4.83. The average Bonchev–Trinajstić information content (AvgIpc) is 3.05. The monoisotopic (exact) mass is 272 g/mol. The van der Waals surface area contributed by atoms with Crippen LogP contribution in [0.15, 0.2) is 12.1 Å². The molecular weight excluding hydrogens is 259 g/mol. The van der Waals surface area contributed by atoms with Gasteiger partial charge in [-0.05, 0) is 38.8 Å². The van der Waals surface area contributed by atoms with E-state index in [1.54, 1.807) is 12.1 Å². The maximum absolute atomic E-state index is 12.4. The SMILES string of the molecule is CC(C)N(C(=O)c1nc(Cl)ccc1Cl)C1CC1. The number of pyridine rings is 1. The van der Waals surface area contributed by atoms with Gasteiger partial charge in [-0.15, -0.1) is 0 Å². The maximum Gasteiger partial charge on any atom is 0.274 e. The lowest BCUT2D eigenvalue weighted by Crippen LogP contribution is -2.39. The number of aromatic nitrogens is 1. The number of hydrogen-bond acceptors (Lipinski definition) is 2. The van der Waals surface area contributed by atoms with Gasteiger partial charge in [-0.3, -0.25) is 4.79 Å². The van der Waals surface area contributed by atoms with Gasteiger partial charge in [-0.25, -0.2) is 4.98 Å². The van der Waals surface area contributed by atoms with Crippen molar-refractivity contribution < 1.29 is 4.79 Å². The average molecular weight is 273 g/mol. The van der Waals surface area contributed by atoms with Crippen LogP contribution in [0.4, 0.5) is 0 Å². The van der Waals surface area contributed by atoms with E-state index in [4.69, 9.17) is 23.2 Å². The van der Waals surface area contributed by atoms with Crippen molar-refractivity contribution in [2.45, 2.75) is 38.8 Å². The molecule has 0 spiro atoms. The molecule has 92 valence electrons. The van der Waals surface area contributed by atoms with Crippen LogP contribution in [-0.2, 0) is 0 Å². The van der Waals surface area contributed by atoms with Gasteiger partial charge in [0.05, 0.1) is 5.02 Å². The van der Waals surface area contributed by atoms with E-state index in [-0.39, 0.29) is 22.8 Å². The molecule has 1 aliphatic rings. The van der Waals surface area contributed by atoms with Crippen molar-refractivity contribution in [2.24, 2.45) is 0 Å². The minimum atomic E-state index is -0.130. The van der Waals surface area contributed by atoms with E-state index >= 15 is 0 Å². The van der Waals surface area contributed by atoms with Crippen molar-refractivity contribution in [3.63, 3.8) is 0 Å². The van der Waals surface area contributed by atoms with Crippen LogP contribution in [-0.4, -0.2) is 27.9 Å². The molecule has 3 nitrogen and oxygen atoms in total. The number of carbonyl (C=O) groups excluding carboxylic acids is 1. The van der Waals surface area contributed by atoms with Crippen molar-refractivity contribution in [3.05, 3.63) is 28.0 Å². The Morgan fingerprint density at radius 1 is 1.41 bits per heavy atom. The molecule has 5 heteroatoms. The van der Waals surface area contributed by atoms with Gasteiger partial charge in [-0.1, -0.05) is 23.2 Å². The van der Waals surface area contributed by atoms with Crippen LogP contribution < -0.4 is 0 Å². The van der Waals surface area contributed by atoms with Crippen LogP contribution in [0.25, 0.3) is 0 Å². The van der Waals surface area contributed by atoms with E-state index < -0.39 is 0 Å². The number of amides is 1. The zero-order valence-corrected chi connectivity index (χ0v) is 11.3. The number of halogens is 2. The Morgan fingerprint density at radius 2 is 2.06 bits per heavy atom. The fourth-order valence-electron chi connectivity index (χ4n) is 1.87. The fourth-order valence-corrected chi connectivity index (χ4v) is 2.20. The highest BCUT2D eigenvalue weighted by Crippen LogP contribution is 2.31. The summed E-state index contributed by atoms with van der Waals surface area (Å²) in [5.41, 5.74) is 0.250. The van der Waals surface area contributed by atoms with Gasteiger partial charge < -0.3 is 4.90 Å². The van der Waals surface area contributed by atoms with E-state index in [1.807, 2.05) is 18.7 Å². The third-order valence-electron chi connectivity index (χ3n) is 2.75. The zero-order chi connectivity index (χ0) is 12.6.